The van der Waals surface area contributed by atoms with Gasteiger partial charge < -0.3 is 15.0 Å². The van der Waals surface area contributed by atoms with Gasteiger partial charge in [0.2, 0.25) is 5.91 Å². The van der Waals surface area contributed by atoms with E-state index in [4.69, 9.17) is 27.9 Å². The smallest absolute Gasteiger partial charge is 0.261 e. The average molecular weight is 479 g/mol. The SMILES string of the molecule is CC[C@H](C(=O)NC(C)(C)C)N(Cc1ccc(Cl)c(Cl)c1)C(=O)COc1cc(C)cc(C)c1. The summed E-state index contributed by atoms with van der Waals surface area (Å²) in [6.07, 6.45) is 0.457. The molecule has 0 aromatic heterocycles. The summed E-state index contributed by atoms with van der Waals surface area (Å²) in [6, 6.07) is 10.3. The molecule has 0 radical (unpaired) electrons. The minimum atomic E-state index is -0.654. The van der Waals surface area contributed by atoms with Crippen LogP contribution in [0.15, 0.2) is 36.4 Å². The normalized spacial score (nSPS) is 12.2. The van der Waals surface area contributed by atoms with Crippen molar-refractivity contribution in [1.82, 2.24) is 10.2 Å². The van der Waals surface area contributed by atoms with Gasteiger partial charge in [0.1, 0.15) is 11.8 Å². The van der Waals surface area contributed by atoms with Crippen LogP contribution in [0.4, 0.5) is 0 Å². The lowest BCUT2D eigenvalue weighted by atomic mass is 10.1. The summed E-state index contributed by atoms with van der Waals surface area (Å²) in [4.78, 5) is 27.8. The molecule has 0 saturated carbocycles. The largest absolute Gasteiger partial charge is 0.484 e. The Morgan fingerprint density at radius 2 is 1.66 bits per heavy atom. The molecule has 174 valence electrons. The van der Waals surface area contributed by atoms with E-state index in [2.05, 4.69) is 5.32 Å². The van der Waals surface area contributed by atoms with Gasteiger partial charge in [-0.1, -0.05) is 42.3 Å². The van der Waals surface area contributed by atoms with Gasteiger partial charge >= 0.3 is 0 Å². The average Bonchev–Trinajstić information content (AvgIpc) is 2.66. The Kier molecular flexibility index (Phi) is 8.99. The lowest BCUT2D eigenvalue weighted by molar-refractivity contribution is -0.143. The van der Waals surface area contributed by atoms with Crippen LogP contribution < -0.4 is 10.1 Å². The summed E-state index contributed by atoms with van der Waals surface area (Å²) in [5.74, 6) is 0.128. The third kappa shape index (κ3) is 7.72. The maximum Gasteiger partial charge on any atom is 0.261 e. The molecule has 2 rings (SSSR count). The van der Waals surface area contributed by atoms with E-state index < -0.39 is 11.6 Å². The number of hydrogen-bond acceptors (Lipinski definition) is 3. The topological polar surface area (TPSA) is 58.6 Å². The van der Waals surface area contributed by atoms with Crippen molar-refractivity contribution in [2.75, 3.05) is 6.61 Å². The van der Waals surface area contributed by atoms with Gasteiger partial charge in [-0.25, -0.2) is 0 Å². The number of amides is 2. The third-order valence-electron chi connectivity index (χ3n) is 4.78. The van der Waals surface area contributed by atoms with Crippen molar-refractivity contribution in [3.05, 3.63) is 63.1 Å². The number of carbonyl (C=O) groups excluding carboxylic acids is 2. The van der Waals surface area contributed by atoms with Crippen LogP contribution >= 0.6 is 23.2 Å². The highest BCUT2D eigenvalue weighted by Crippen LogP contribution is 2.24. The van der Waals surface area contributed by atoms with E-state index in [0.717, 1.165) is 16.7 Å². The molecule has 7 heteroatoms. The van der Waals surface area contributed by atoms with Crippen LogP contribution in [0.2, 0.25) is 10.0 Å². The molecule has 2 aromatic carbocycles. The second-order valence-corrected chi connectivity index (χ2v) is 9.86. The van der Waals surface area contributed by atoms with Crippen LogP contribution in [-0.4, -0.2) is 34.9 Å². The van der Waals surface area contributed by atoms with Gasteiger partial charge in [-0.15, -0.1) is 0 Å². The Labute approximate surface area is 201 Å². The molecule has 0 heterocycles. The van der Waals surface area contributed by atoms with Crippen molar-refractivity contribution < 1.29 is 14.3 Å². The quantitative estimate of drug-likeness (QED) is 0.528. The van der Waals surface area contributed by atoms with E-state index in [-0.39, 0.29) is 25.0 Å². The molecule has 1 atom stereocenters. The van der Waals surface area contributed by atoms with Gasteiger partial charge in [0, 0.05) is 12.1 Å². The summed E-state index contributed by atoms with van der Waals surface area (Å²) in [7, 11) is 0. The Bertz CT molecular complexity index is 950. The summed E-state index contributed by atoms with van der Waals surface area (Å²) in [5, 5.41) is 3.81. The first kappa shape index (κ1) is 26.0. The van der Waals surface area contributed by atoms with Crippen LogP contribution in [-0.2, 0) is 16.1 Å². The zero-order valence-corrected chi connectivity index (χ0v) is 21.1. The van der Waals surface area contributed by atoms with Gasteiger partial charge in [0.25, 0.3) is 5.91 Å². The zero-order valence-electron chi connectivity index (χ0n) is 19.6. The highest BCUT2D eigenvalue weighted by molar-refractivity contribution is 6.42. The monoisotopic (exact) mass is 478 g/mol. The maximum absolute atomic E-state index is 13.3. The van der Waals surface area contributed by atoms with Crippen LogP contribution in [0.25, 0.3) is 0 Å². The van der Waals surface area contributed by atoms with Crippen molar-refractivity contribution in [3.63, 3.8) is 0 Å². The summed E-state index contributed by atoms with van der Waals surface area (Å²) >= 11 is 12.2. The Balaban J connectivity index is 2.28. The number of carbonyl (C=O) groups is 2. The molecule has 2 amide bonds. The second kappa shape index (κ2) is 11.1. The summed E-state index contributed by atoms with van der Waals surface area (Å²) < 4.78 is 5.80. The number of rotatable bonds is 8. The number of hydrogen-bond donors (Lipinski definition) is 1. The maximum atomic E-state index is 13.3. The van der Waals surface area contributed by atoms with Crippen LogP contribution in [0.1, 0.15) is 50.8 Å². The third-order valence-corrected chi connectivity index (χ3v) is 5.52. The lowest BCUT2D eigenvalue weighted by Crippen LogP contribution is -2.54. The van der Waals surface area contributed by atoms with E-state index >= 15 is 0 Å². The molecular weight excluding hydrogens is 447 g/mol. The molecule has 0 saturated heterocycles. The van der Waals surface area contributed by atoms with Gasteiger partial charge in [-0.3, -0.25) is 9.59 Å². The van der Waals surface area contributed by atoms with E-state index in [1.807, 2.05) is 59.7 Å². The standard InChI is InChI=1S/C25H32Cl2N2O3/c1-7-22(24(31)28-25(4,5)6)29(14-18-8-9-20(26)21(27)13-18)23(30)15-32-19-11-16(2)10-17(3)12-19/h8-13,22H,7,14-15H2,1-6H3,(H,28,31)/t22-/m1/s1. The Morgan fingerprint density at radius 3 is 2.19 bits per heavy atom. The van der Waals surface area contributed by atoms with E-state index in [9.17, 15) is 9.59 Å². The molecule has 0 bridgehead atoms. The molecule has 5 nitrogen and oxygen atoms in total. The van der Waals surface area contributed by atoms with Crippen molar-refractivity contribution in [1.29, 1.82) is 0 Å². The predicted octanol–water partition coefficient (Wildman–Crippen LogP) is 5.71. The molecule has 0 aliphatic heterocycles. The predicted molar refractivity (Wildman–Crippen MR) is 130 cm³/mol. The van der Waals surface area contributed by atoms with E-state index in [1.54, 1.807) is 23.1 Å². The fourth-order valence-electron chi connectivity index (χ4n) is 3.45. The Morgan fingerprint density at radius 1 is 1.03 bits per heavy atom. The molecule has 2 aromatic rings. The van der Waals surface area contributed by atoms with E-state index in [1.165, 1.54) is 0 Å². The second-order valence-electron chi connectivity index (χ2n) is 9.05. The molecule has 0 aliphatic rings. The fraction of sp³-hybridized carbons (Fsp3) is 0.440. The van der Waals surface area contributed by atoms with Crippen molar-refractivity contribution >= 4 is 35.0 Å². The first-order chi connectivity index (χ1) is 14.9. The minimum Gasteiger partial charge on any atom is -0.484 e. The minimum absolute atomic E-state index is 0.177. The van der Waals surface area contributed by atoms with E-state index in [0.29, 0.717) is 22.2 Å². The van der Waals surface area contributed by atoms with Gasteiger partial charge in [0.15, 0.2) is 6.61 Å². The van der Waals surface area contributed by atoms with Gasteiger partial charge in [-0.05, 0) is 82.0 Å². The van der Waals surface area contributed by atoms with Crippen molar-refractivity contribution in [3.8, 4) is 5.75 Å². The highest BCUT2D eigenvalue weighted by Gasteiger charge is 2.31. The molecule has 0 aliphatic carbocycles. The molecule has 0 unspecified atom stereocenters. The van der Waals surface area contributed by atoms with Crippen LogP contribution in [0.5, 0.6) is 5.75 Å². The summed E-state index contributed by atoms with van der Waals surface area (Å²) in [5.41, 5.74) is 2.46. The molecular formula is C25H32Cl2N2O3. The van der Waals surface area contributed by atoms with Crippen LogP contribution in [0.3, 0.4) is 0 Å². The number of nitrogens with one attached hydrogen (secondary N) is 1. The number of benzene rings is 2. The first-order valence-corrected chi connectivity index (χ1v) is 11.4. The lowest BCUT2D eigenvalue weighted by Gasteiger charge is -2.33. The number of nitrogens with zero attached hydrogens (tertiary/aromatic N) is 1. The van der Waals surface area contributed by atoms with Crippen molar-refractivity contribution in [2.45, 2.75) is 66.1 Å². The number of halogens is 2. The molecule has 0 spiro atoms. The fourth-order valence-corrected chi connectivity index (χ4v) is 3.77. The van der Waals surface area contributed by atoms with Crippen LogP contribution in [0, 0.1) is 13.8 Å². The first-order valence-electron chi connectivity index (χ1n) is 10.7. The summed E-state index contributed by atoms with van der Waals surface area (Å²) in [6.45, 7) is 11.6. The van der Waals surface area contributed by atoms with Gasteiger partial charge in [0.05, 0.1) is 10.0 Å². The molecule has 32 heavy (non-hydrogen) atoms. The number of aryl methyl sites for hydroxylation is 2. The van der Waals surface area contributed by atoms with Crippen molar-refractivity contribution in [2.24, 2.45) is 0 Å². The Hall–Kier alpha value is -2.24. The molecule has 1 N–H and O–H groups in total. The number of ether oxygens (including phenoxy) is 1. The zero-order chi connectivity index (χ0) is 24.1. The van der Waals surface area contributed by atoms with Gasteiger partial charge in [-0.2, -0.15) is 0 Å². The molecule has 0 fully saturated rings. The highest BCUT2D eigenvalue weighted by atomic mass is 35.5.